The van der Waals surface area contributed by atoms with Crippen molar-refractivity contribution in [3.05, 3.63) is 72.7 Å². The molecule has 2 N–H and O–H groups in total. The number of hydrogen-bond acceptors (Lipinski definition) is 3. The maximum atomic E-state index is 12.5. The van der Waals surface area contributed by atoms with Crippen molar-refractivity contribution in [3.8, 4) is 0 Å². The van der Waals surface area contributed by atoms with Crippen LogP contribution in [0, 0.1) is 0 Å². The van der Waals surface area contributed by atoms with Crippen molar-refractivity contribution in [1.82, 2.24) is 29.6 Å². The third-order valence-electron chi connectivity index (χ3n) is 4.70. The van der Waals surface area contributed by atoms with Crippen LogP contribution in [-0.2, 0) is 13.1 Å². The molecule has 1 aromatic carbocycles. The predicted molar refractivity (Wildman–Crippen MR) is 103 cm³/mol. The van der Waals surface area contributed by atoms with E-state index in [-0.39, 0.29) is 11.9 Å². The average Bonchev–Trinajstić information content (AvgIpc) is 3.43. The van der Waals surface area contributed by atoms with Crippen LogP contribution in [-0.4, -0.2) is 36.3 Å². The minimum atomic E-state index is -0.165. The molecule has 3 aromatic heterocycles. The molecule has 4 aromatic rings. The Balaban J connectivity index is 1.43. The lowest BCUT2D eigenvalue weighted by atomic mass is 10.2. The quantitative estimate of drug-likeness (QED) is 0.530. The summed E-state index contributed by atoms with van der Waals surface area (Å²) in [5.74, 6) is -0.165. The molecular weight excluding hydrogens is 340 g/mol. The van der Waals surface area contributed by atoms with E-state index in [2.05, 4.69) is 50.2 Å². The van der Waals surface area contributed by atoms with Gasteiger partial charge in [-0.3, -0.25) is 9.89 Å². The van der Waals surface area contributed by atoms with Gasteiger partial charge in [-0.15, -0.1) is 0 Å². The molecule has 0 fully saturated rings. The van der Waals surface area contributed by atoms with Gasteiger partial charge in [-0.1, -0.05) is 25.1 Å². The van der Waals surface area contributed by atoms with Crippen LogP contribution in [0.15, 0.2) is 61.3 Å². The summed E-state index contributed by atoms with van der Waals surface area (Å²) in [6, 6.07) is 12.1. The van der Waals surface area contributed by atoms with Gasteiger partial charge in [0.2, 0.25) is 0 Å². The number of H-pyrrole nitrogens is 1. The molecule has 0 aliphatic heterocycles. The molecule has 1 atom stereocenters. The number of benzene rings is 1. The fraction of sp³-hybridized carbons (Fsp3) is 0.250. The van der Waals surface area contributed by atoms with Crippen molar-refractivity contribution in [2.75, 3.05) is 0 Å². The van der Waals surface area contributed by atoms with Gasteiger partial charge in [0.05, 0.1) is 18.6 Å². The van der Waals surface area contributed by atoms with Crippen LogP contribution in [0.25, 0.3) is 10.9 Å². The van der Waals surface area contributed by atoms with E-state index in [9.17, 15) is 4.79 Å². The lowest BCUT2D eigenvalue weighted by molar-refractivity contribution is 0.0926. The molecule has 7 nitrogen and oxygen atoms in total. The summed E-state index contributed by atoms with van der Waals surface area (Å²) in [5, 5.41) is 11.4. The number of aromatic amines is 1. The molecule has 0 unspecified atom stereocenters. The van der Waals surface area contributed by atoms with Gasteiger partial charge in [0.1, 0.15) is 5.69 Å². The van der Waals surface area contributed by atoms with Crippen LogP contribution in [0.3, 0.4) is 0 Å². The molecule has 0 saturated heterocycles. The van der Waals surface area contributed by atoms with Crippen molar-refractivity contribution < 1.29 is 4.79 Å². The van der Waals surface area contributed by atoms with E-state index in [4.69, 9.17) is 0 Å². The minimum Gasteiger partial charge on any atom is -0.346 e. The second-order valence-corrected chi connectivity index (χ2v) is 6.62. The third-order valence-corrected chi connectivity index (χ3v) is 4.70. The molecule has 3 heterocycles. The number of aromatic nitrogens is 5. The van der Waals surface area contributed by atoms with Crippen molar-refractivity contribution in [3.63, 3.8) is 0 Å². The average molecular weight is 362 g/mol. The Morgan fingerprint density at radius 3 is 2.96 bits per heavy atom. The first-order valence-electron chi connectivity index (χ1n) is 9.07. The summed E-state index contributed by atoms with van der Waals surface area (Å²) in [5.41, 5.74) is 2.46. The molecule has 0 aliphatic carbocycles. The second-order valence-electron chi connectivity index (χ2n) is 6.62. The second kappa shape index (κ2) is 7.49. The summed E-state index contributed by atoms with van der Waals surface area (Å²) >= 11 is 0. The van der Waals surface area contributed by atoms with Crippen LogP contribution in [0.5, 0.6) is 0 Å². The highest BCUT2D eigenvalue weighted by Crippen LogP contribution is 2.16. The van der Waals surface area contributed by atoms with Gasteiger partial charge >= 0.3 is 0 Å². The lowest BCUT2D eigenvalue weighted by Crippen LogP contribution is -2.37. The Morgan fingerprint density at radius 2 is 2.15 bits per heavy atom. The first kappa shape index (κ1) is 17.1. The number of imidazole rings is 1. The number of rotatable bonds is 7. The van der Waals surface area contributed by atoms with Gasteiger partial charge < -0.3 is 14.5 Å². The summed E-state index contributed by atoms with van der Waals surface area (Å²) < 4.78 is 4.10. The number of nitrogens with zero attached hydrogens (tertiary/aromatic N) is 4. The summed E-state index contributed by atoms with van der Waals surface area (Å²) in [6.45, 7) is 3.38. The summed E-state index contributed by atoms with van der Waals surface area (Å²) in [7, 11) is 0. The normalized spacial score (nSPS) is 12.3. The Morgan fingerprint density at radius 1 is 1.26 bits per heavy atom. The molecule has 138 valence electrons. The predicted octanol–water partition coefficient (Wildman–Crippen LogP) is 2.82. The largest absolute Gasteiger partial charge is 0.346 e. The molecule has 0 saturated carbocycles. The van der Waals surface area contributed by atoms with Gasteiger partial charge in [-0.05, 0) is 30.0 Å². The van der Waals surface area contributed by atoms with Crippen molar-refractivity contribution in [1.29, 1.82) is 0 Å². The molecule has 7 heteroatoms. The Labute approximate surface area is 157 Å². The molecule has 0 aliphatic rings. The van der Waals surface area contributed by atoms with Crippen molar-refractivity contribution in [2.24, 2.45) is 0 Å². The molecule has 4 rings (SSSR count). The molecule has 0 spiro atoms. The van der Waals surface area contributed by atoms with Crippen LogP contribution >= 0.6 is 0 Å². The highest BCUT2D eigenvalue weighted by molar-refractivity contribution is 5.92. The summed E-state index contributed by atoms with van der Waals surface area (Å²) in [4.78, 5) is 16.6. The van der Waals surface area contributed by atoms with Gasteiger partial charge in [0.25, 0.3) is 5.91 Å². The zero-order chi connectivity index (χ0) is 18.6. The number of carbonyl (C=O) groups is 1. The highest BCUT2D eigenvalue weighted by Gasteiger charge is 2.16. The number of nitrogens with one attached hydrogen (secondary N) is 2. The topological polar surface area (TPSA) is 80.5 Å². The van der Waals surface area contributed by atoms with Crippen LogP contribution in [0.2, 0.25) is 0 Å². The van der Waals surface area contributed by atoms with Gasteiger partial charge in [0.15, 0.2) is 0 Å². The van der Waals surface area contributed by atoms with Crippen molar-refractivity contribution >= 4 is 16.8 Å². The summed E-state index contributed by atoms with van der Waals surface area (Å²) in [6.07, 6.45) is 8.26. The standard InChI is InChI=1S/C20H22N6O/c1-2-16(12-25-10-8-21-14-25)22-20(27)18-11-17(23-24-18)13-26-9-7-15-5-3-4-6-19(15)26/h3-11,14,16H,2,12-13H2,1H3,(H,22,27)(H,23,24)/t16-/m1/s1. The number of amides is 1. The molecule has 0 bridgehead atoms. The Hall–Kier alpha value is -3.35. The first-order chi connectivity index (χ1) is 13.2. The van der Waals surface area contributed by atoms with Gasteiger partial charge in [-0.2, -0.15) is 5.10 Å². The third kappa shape index (κ3) is 3.76. The SMILES string of the molecule is CC[C@H](Cn1ccnc1)NC(=O)c1cc(Cn2ccc3ccccc32)[nH]n1. The Kier molecular flexibility index (Phi) is 4.74. The molecule has 1 amide bonds. The number of hydrogen-bond donors (Lipinski definition) is 2. The fourth-order valence-corrected chi connectivity index (χ4v) is 3.21. The number of para-hydroxylation sites is 1. The van der Waals surface area contributed by atoms with E-state index in [0.29, 0.717) is 18.8 Å². The number of carbonyl (C=O) groups excluding carboxylic acids is 1. The van der Waals surface area contributed by atoms with E-state index >= 15 is 0 Å². The van der Waals surface area contributed by atoms with Crippen LogP contribution in [0.1, 0.15) is 29.5 Å². The van der Waals surface area contributed by atoms with Crippen LogP contribution < -0.4 is 5.32 Å². The van der Waals surface area contributed by atoms with E-state index in [0.717, 1.165) is 17.6 Å². The maximum Gasteiger partial charge on any atom is 0.272 e. The number of fused-ring (bicyclic) bond motifs is 1. The van der Waals surface area contributed by atoms with E-state index in [1.165, 1.54) is 5.39 Å². The molecule has 27 heavy (non-hydrogen) atoms. The monoisotopic (exact) mass is 362 g/mol. The molecule has 0 radical (unpaired) electrons. The zero-order valence-corrected chi connectivity index (χ0v) is 15.2. The molecular formula is C20H22N6O. The lowest BCUT2D eigenvalue weighted by Gasteiger charge is -2.16. The van der Waals surface area contributed by atoms with E-state index < -0.39 is 0 Å². The zero-order valence-electron chi connectivity index (χ0n) is 15.2. The highest BCUT2D eigenvalue weighted by atomic mass is 16.2. The first-order valence-corrected chi connectivity index (χ1v) is 9.07. The van der Waals surface area contributed by atoms with Crippen molar-refractivity contribution in [2.45, 2.75) is 32.5 Å². The fourth-order valence-electron chi connectivity index (χ4n) is 3.21. The van der Waals surface area contributed by atoms with Gasteiger partial charge in [0, 0.05) is 36.7 Å². The van der Waals surface area contributed by atoms with Gasteiger partial charge in [-0.25, -0.2) is 4.98 Å². The van der Waals surface area contributed by atoms with E-state index in [1.54, 1.807) is 12.5 Å². The van der Waals surface area contributed by atoms with E-state index in [1.807, 2.05) is 35.2 Å². The minimum absolute atomic E-state index is 0.0280. The Bertz CT molecular complexity index is 1030. The maximum absolute atomic E-state index is 12.5. The smallest absolute Gasteiger partial charge is 0.272 e. The van der Waals surface area contributed by atoms with Crippen LogP contribution in [0.4, 0.5) is 0 Å².